The van der Waals surface area contributed by atoms with Crippen molar-refractivity contribution < 1.29 is 14.5 Å². The second-order valence-corrected chi connectivity index (χ2v) is 4.91. The van der Waals surface area contributed by atoms with E-state index in [0.29, 0.717) is 11.4 Å². The number of nitrogens with one attached hydrogen (secondary N) is 3. The number of aromatic amines is 1. The Morgan fingerprint density at radius 3 is 2.64 bits per heavy atom. The number of hydrogen-bond donors (Lipinski definition) is 3. The fourth-order valence-corrected chi connectivity index (χ4v) is 2.05. The van der Waals surface area contributed by atoms with Crippen LogP contribution in [0.1, 0.15) is 21.0 Å². The van der Waals surface area contributed by atoms with Crippen molar-refractivity contribution in [2.24, 2.45) is 0 Å². The number of H-pyrrole nitrogens is 1. The maximum Gasteiger partial charge on any atom is 0.290 e. The summed E-state index contributed by atoms with van der Waals surface area (Å²) in [6.07, 6.45) is 3.07. The number of carbonyl (C=O) groups is 2. The Morgan fingerprint density at radius 1 is 1.12 bits per heavy atom. The van der Waals surface area contributed by atoms with Gasteiger partial charge in [-0.3, -0.25) is 30.6 Å². The molecule has 2 heterocycles. The van der Waals surface area contributed by atoms with Gasteiger partial charge in [0.2, 0.25) is 0 Å². The second kappa shape index (κ2) is 6.66. The lowest BCUT2D eigenvalue weighted by Gasteiger charge is -2.04. The van der Waals surface area contributed by atoms with Crippen LogP contribution in [0.3, 0.4) is 0 Å². The van der Waals surface area contributed by atoms with Crippen LogP contribution in [0.5, 0.6) is 0 Å². The Labute approximate surface area is 140 Å². The summed E-state index contributed by atoms with van der Waals surface area (Å²) in [6.45, 7) is 0. The van der Waals surface area contributed by atoms with E-state index in [1.807, 2.05) is 0 Å². The van der Waals surface area contributed by atoms with Gasteiger partial charge in [-0.2, -0.15) is 5.10 Å². The first-order valence-electron chi connectivity index (χ1n) is 7.09. The minimum absolute atomic E-state index is 0.0401. The Balaban J connectivity index is 1.68. The number of benzene rings is 1. The predicted molar refractivity (Wildman–Crippen MR) is 85.9 cm³/mol. The minimum Gasteiger partial charge on any atom is -0.357 e. The lowest BCUT2D eigenvalue weighted by molar-refractivity contribution is -0.384. The maximum absolute atomic E-state index is 12.0. The van der Waals surface area contributed by atoms with E-state index in [9.17, 15) is 19.7 Å². The van der Waals surface area contributed by atoms with E-state index in [2.05, 4.69) is 20.9 Å². The number of carbonyl (C=O) groups excluding carboxylic acids is 2. The highest BCUT2D eigenvalue weighted by Crippen LogP contribution is 2.16. The first kappa shape index (κ1) is 15.9. The Morgan fingerprint density at radius 2 is 1.92 bits per heavy atom. The molecule has 10 heteroatoms. The van der Waals surface area contributed by atoms with Gasteiger partial charge in [-0.25, -0.2) is 4.68 Å². The van der Waals surface area contributed by atoms with Crippen LogP contribution in [0.25, 0.3) is 5.69 Å². The zero-order chi connectivity index (χ0) is 17.8. The highest BCUT2D eigenvalue weighted by molar-refractivity contribution is 5.97. The molecule has 0 saturated carbocycles. The van der Waals surface area contributed by atoms with Crippen LogP contribution in [0, 0.1) is 10.1 Å². The third-order valence-corrected chi connectivity index (χ3v) is 3.26. The monoisotopic (exact) mass is 340 g/mol. The van der Waals surface area contributed by atoms with E-state index in [4.69, 9.17) is 0 Å². The molecule has 10 nitrogen and oxygen atoms in total. The molecule has 0 saturated heterocycles. The lowest BCUT2D eigenvalue weighted by Crippen LogP contribution is -2.42. The van der Waals surface area contributed by atoms with Crippen LogP contribution < -0.4 is 10.9 Å². The van der Waals surface area contributed by atoms with Crippen LogP contribution in [0.4, 0.5) is 5.69 Å². The van der Waals surface area contributed by atoms with Crippen molar-refractivity contribution in [2.45, 2.75) is 0 Å². The molecule has 3 rings (SSSR count). The van der Waals surface area contributed by atoms with Crippen molar-refractivity contribution in [3.05, 3.63) is 76.4 Å². The number of nitrogens with zero attached hydrogens (tertiary/aromatic N) is 3. The van der Waals surface area contributed by atoms with Crippen molar-refractivity contribution in [3.63, 3.8) is 0 Å². The molecule has 0 aliphatic heterocycles. The zero-order valence-corrected chi connectivity index (χ0v) is 12.7. The third-order valence-electron chi connectivity index (χ3n) is 3.26. The number of nitro groups is 1. The van der Waals surface area contributed by atoms with E-state index in [1.165, 1.54) is 35.1 Å². The molecule has 3 N–H and O–H groups in total. The van der Waals surface area contributed by atoms with Gasteiger partial charge >= 0.3 is 0 Å². The summed E-state index contributed by atoms with van der Waals surface area (Å²) in [5.41, 5.74) is 5.17. The van der Waals surface area contributed by atoms with Crippen molar-refractivity contribution in [3.8, 4) is 5.69 Å². The van der Waals surface area contributed by atoms with Gasteiger partial charge in [-0.05, 0) is 24.3 Å². The summed E-state index contributed by atoms with van der Waals surface area (Å²) in [7, 11) is 0. The molecule has 1 aromatic carbocycles. The molecule has 3 aromatic rings. The molecule has 0 aliphatic carbocycles. The first-order valence-corrected chi connectivity index (χ1v) is 7.09. The quantitative estimate of drug-likeness (QED) is 0.484. The number of rotatable bonds is 4. The van der Waals surface area contributed by atoms with Crippen LogP contribution in [0.15, 0.2) is 54.9 Å². The van der Waals surface area contributed by atoms with E-state index in [1.54, 1.807) is 24.4 Å². The Hall–Kier alpha value is -3.95. The van der Waals surface area contributed by atoms with Crippen molar-refractivity contribution >= 4 is 17.5 Å². The average molecular weight is 340 g/mol. The Bertz CT molecular complexity index is 931. The standard InChI is InChI=1S/C15H12N6O4/c22-14(12-5-2-7-16-12)17-18-15(23)13-6-8-20(19-13)10-3-1-4-11(9-10)21(24)25/h1-9,16H,(H,17,22)(H,18,23). The SMILES string of the molecule is O=C(NNC(=O)c1ccc[nH]1)c1ccn(-c2cccc([N+](=O)[O-])c2)n1. The van der Waals surface area contributed by atoms with Crippen LogP contribution in [-0.2, 0) is 0 Å². The van der Waals surface area contributed by atoms with Gasteiger partial charge in [0.25, 0.3) is 17.5 Å². The fraction of sp³-hybridized carbons (Fsp3) is 0. The minimum atomic E-state index is -0.621. The van der Waals surface area contributed by atoms with Crippen LogP contribution >= 0.6 is 0 Å². The normalized spacial score (nSPS) is 10.2. The van der Waals surface area contributed by atoms with Gasteiger partial charge in [0, 0.05) is 24.5 Å². The van der Waals surface area contributed by atoms with Crippen molar-refractivity contribution in [1.29, 1.82) is 0 Å². The van der Waals surface area contributed by atoms with E-state index >= 15 is 0 Å². The number of aromatic nitrogens is 3. The number of non-ortho nitro benzene ring substituents is 1. The number of hydrazine groups is 1. The van der Waals surface area contributed by atoms with Gasteiger partial charge in [0.05, 0.1) is 10.6 Å². The zero-order valence-electron chi connectivity index (χ0n) is 12.7. The van der Waals surface area contributed by atoms with Crippen molar-refractivity contribution in [2.75, 3.05) is 0 Å². The van der Waals surface area contributed by atoms with Crippen LogP contribution in [-0.4, -0.2) is 31.5 Å². The summed E-state index contributed by atoms with van der Waals surface area (Å²) in [5.74, 6) is -1.12. The van der Waals surface area contributed by atoms with Crippen molar-refractivity contribution in [1.82, 2.24) is 25.6 Å². The molecule has 0 radical (unpaired) electrons. The number of hydrogen-bond acceptors (Lipinski definition) is 5. The van der Waals surface area contributed by atoms with E-state index in [0.717, 1.165) is 0 Å². The van der Waals surface area contributed by atoms with E-state index in [-0.39, 0.29) is 11.4 Å². The highest BCUT2D eigenvalue weighted by atomic mass is 16.6. The van der Waals surface area contributed by atoms with Gasteiger partial charge in [0.15, 0.2) is 5.69 Å². The molecule has 0 spiro atoms. The lowest BCUT2D eigenvalue weighted by atomic mass is 10.3. The molecule has 0 atom stereocenters. The number of nitro benzene ring substituents is 1. The molecular formula is C15H12N6O4. The molecule has 0 aliphatic rings. The second-order valence-electron chi connectivity index (χ2n) is 4.91. The van der Waals surface area contributed by atoms with Gasteiger partial charge in [0.1, 0.15) is 5.69 Å². The average Bonchev–Trinajstić information content (AvgIpc) is 3.31. The fourth-order valence-electron chi connectivity index (χ4n) is 2.05. The summed E-state index contributed by atoms with van der Waals surface area (Å²) >= 11 is 0. The molecular weight excluding hydrogens is 328 g/mol. The van der Waals surface area contributed by atoms with E-state index < -0.39 is 16.7 Å². The largest absolute Gasteiger partial charge is 0.357 e. The van der Waals surface area contributed by atoms with Gasteiger partial charge in [-0.15, -0.1) is 0 Å². The van der Waals surface area contributed by atoms with Crippen LogP contribution in [0.2, 0.25) is 0 Å². The van der Waals surface area contributed by atoms with Gasteiger partial charge < -0.3 is 4.98 Å². The predicted octanol–water partition coefficient (Wildman–Crippen LogP) is 1.18. The number of amides is 2. The molecule has 2 amide bonds. The smallest absolute Gasteiger partial charge is 0.290 e. The summed E-state index contributed by atoms with van der Waals surface area (Å²) < 4.78 is 1.33. The molecule has 25 heavy (non-hydrogen) atoms. The summed E-state index contributed by atoms with van der Waals surface area (Å²) in [5, 5.41) is 14.9. The molecule has 0 fully saturated rings. The maximum atomic E-state index is 12.0. The third kappa shape index (κ3) is 3.52. The topological polar surface area (TPSA) is 135 Å². The molecule has 2 aromatic heterocycles. The summed E-state index contributed by atoms with van der Waals surface area (Å²) in [6, 6.07) is 10.5. The molecule has 0 unspecified atom stereocenters. The highest BCUT2D eigenvalue weighted by Gasteiger charge is 2.13. The Kier molecular flexibility index (Phi) is 4.24. The summed E-state index contributed by atoms with van der Waals surface area (Å²) in [4.78, 5) is 36.7. The molecule has 0 bridgehead atoms. The van der Waals surface area contributed by atoms with Gasteiger partial charge in [-0.1, -0.05) is 6.07 Å². The first-order chi connectivity index (χ1) is 12.0. The molecule has 126 valence electrons.